The van der Waals surface area contributed by atoms with Gasteiger partial charge in [0.05, 0.1) is 13.2 Å². The van der Waals surface area contributed by atoms with Gasteiger partial charge in [0.1, 0.15) is 0 Å². The third kappa shape index (κ3) is 6.31. The van der Waals surface area contributed by atoms with E-state index in [1.54, 1.807) is 0 Å². The number of hydrogen-bond acceptors (Lipinski definition) is 3. The third-order valence-electron chi connectivity index (χ3n) is 6.56. The molecule has 0 amide bonds. The summed E-state index contributed by atoms with van der Waals surface area (Å²) >= 11 is 0. The first-order valence-electron chi connectivity index (χ1n) is 11.7. The second-order valence-electron chi connectivity index (χ2n) is 8.74. The molecule has 2 N–H and O–H groups in total. The molecular weight excluding hydrogens is 384 g/mol. The minimum absolute atomic E-state index is 0.483. The van der Waals surface area contributed by atoms with Gasteiger partial charge in [-0.15, -0.1) is 0 Å². The molecule has 5 heteroatoms. The van der Waals surface area contributed by atoms with E-state index in [1.807, 2.05) is 25.2 Å². The van der Waals surface area contributed by atoms with Crippen LogP contribution in [0, 0.1) is 0 Å². The Hall–Kier alpha value is -2.37. The van der Waals surface area contributed by atoms with Crippen LogP contribution >= 0.6 is 0 Å². The van der Waals surface area contributed by atoms with Crippen molar-refractivity contribution in [3.63, 3.8) is 0 Å². The standard InChI is InChI=1S/C26H36N4O/c1-27-26(29-24-15-16-30(18-24)25-13-7-8-14-25)28-17-22-11-5-6-12-23(22)20-31-19-21-9-3-2-4-10-21/h2-6,9-12,24-25H,7-8,13-20H2,1H3,(H2,27,28,29). The van der Waals surface area contributed by atoms with Crippen LogP contribution in [0.4, 0.5) is 0 Å². The molecule has 1 unspecified atom stereocenters. The summed E-state index contributed by atoms with van der Waals surface area (Å²) in [6.07, 6.45) is 6.75. The van der Waals surface area contributed by atoms with Gasteiger partial charge in [-0.05, 0) is 36.0 Å². The van der Waals surface area contributed by atoms with E-state index in [4.69, 9.17) is 4.74 Å². The summed E-state index contributed by atoms with van der Waals surface area (Å²) in [5, 5.41) is 7.15. The fourth-order valence-corrected chi connectivity index (χ4v) is 4.80. The van der Waals surface area contributed by atoms with E-state index in [0.29, 0.717) is 19.3 Å². The summed E-state index contributed by atoms with van der Waals surface area (Å²) in [5.74, 6) is 0.887. The van der Waals surface area contributed by atoms with Gasteiger partial charge in [0.2, 0.25) is 0 Å². The van der Waals surface area contributed by atoms with Crippen LogP contribution in [0.15, 0.2) is 59.6 Å². The molecule has 0 bridgehead atoms. The van der Waals surface area contributed by atoms with E-state index in [0.717, 1.165) is 25.1 Å². The molecule has 31 heavy (non-hydrogen) atoms. The fraction of sp³-hybridized carbons (Fsp3) is 0.500. The largest absolute Gasteiger partial charge is 0.372 e. The number of aliphatic imine (C=N–C) groups is 1. The van der Waals surface area contributed by atoms with Gasteiger partial charge in [-0.1, -0.05) is 67.4 Å². The summed E-state index contributed by atoms with van der Waals surface area (Å²) in [4.78, 5) is 7.14. The van der Waals surface area contributed by atoms with Crippen molar-refractivity contribution in [1.29, 1.82) is 0 Å². The number of nitrogens with zero attached hydrogens (tertiary/aromatic N) is 2. The molecule has 5 nitrogen and oxygen atoms in total. The zero-order valence-corrected chi connectivity index (χ0v) is 18.7. The first-order valence-corrected chi connectivity index (χ1v) is 11.7. The molecule has 0 radical (unpaired) electrons. The maximum atomic E-state index is 5.97. The maximum absolute atomic E-state index is 5.97. The average molecular weight is 421 g/mol. The van der Waals surface area contributed by atoms with E-state index >= 15 is 0 Å². The Balaban J connectivity index is 1.25. The predicted octanol–water partition coefficient (Wildman–Crippen LogP) is 4.09. The van der Waals surface area contributed by atoms with Crippen molar-refractivity contribution in [2.24, 2.45) is 4.99 Å². The third-order valence-corrected chi connectivity index (χ3v) is 6.56. The van der Waals surface area contributed by atoms with Crippen molar-refractivity contribution in [3.05, 3.63) is 71.3 Å². The molecule has 4 rings (SSSR count). The highest BCUT2D eigenvalue weighted by molar-refractivity contribution is 5.80. The quantitative estimate of drug-likeness (QED) is 0.499. The molecule has 166 valence electrons. The van der Waals surface area contributed by atoms with E-state index in [2.05, 4.69) is 56.9 Å². The van der Waals surface area contributed by atoms with Crippen LogP contribution in [-0.4, -0.2) is 43.1 Å². The van der Waals surface area contributed by atoms with Gasteiger partial charge in [0, 0.05) is 38.8 Å². The van der Waals surface area contributed by atoms with Crippen LogP contribution in [0.1, 0.15) is 48.8 Å². The zero-order valence-electron chi connectivity index (χ0n) is 18.7. The Bertz CT molecular complexity index is 832. The SMILES string of the molecule is CN=C(NCc1ccccc1COCc1ccccc1)NC1CCN(C2CCCC2)C1. The van der Waals surface area contributed by atoms with E-state index in [1.165, 1.54) is 55.3 Å². The normalized spacial score (nSPS) is 20.3. The number of rotatable bonds is 8. The van der Waals surface area contributed by atoms with E-state index in [9.17, 15) is 0 Å². The molecule has 2 fully saturated rings. The predicted molar refractivity (Wildman–Crippen MR) is 127 cm³/mol. The number of ether oxygens (including phenoxy) is 1. The molecular formula is C26H36N4O. The molecule has 1 aliphatic heterocycles. The van der Waals surface area contributed by atoms with Gasteiger partial charge in [-0.3, -0.25) is 9.89 Å². The van der Waals surface area contributed by atoms with Crippen molar-refractivity contribution in [3.8, 4) is 0 Å². The highest BCUT2D eigenvalue weighted by Crippen LogP contribution is 2.26. The molecule has 0 spiro atoms. The molecule has 1 saturated carbocycles. The molecule has 1 heterocycles. The van der Waals surface area contributed by atoms with Crippen LogP contribution in [0.5, 0.6) is 0 Å². The van der Waals surface area contributed by atoms with Crippen LogP contribution in [0.3, 0.4) is 0 Å². The minimum Gasteiger partial charge on any atom is -0.372 e. The van der Waals surface area contributed by atoms with Gasteiger partial charge < -0.3 is 15.4 Å². The van der Waals surface area contributed by atoms with Crippen molar-refractivity contribution in [2.45, 2.75) is 63.9 Å². The summed E-state index contributed by atoms with van der Waals surface area (Å²) in [6.45, 7) is 4.32. The lowest BCUT2D eigenvalue weighted by Gasteiger charge is -2.24. The molecule has 2 aliphatic rings. The highest BCUT2D eigenvalue weighted by atomic mass is 16.5. The smallest absolute Gasteiger partial charge is 0.191 e. The van der Waals surface area contributed by atoms with E-state index in [-0.39, 0.29) is 0 Å². The molecule has 1 aliphatic carbocycles. The molecule has 1 atom stereocenters. The second-order valence-corrected chi connectivity index (χ2v) is 8.74. The van der Waals surface area contributed by atoms with E-state index < -0.39 is 0 Å². The molecule has 2 aromatic carbocycles. The van der Waals surface area contributed by atoms with Gasteiger partial charge in [-0.2, -0.15) is 0 Å². The number of likely N-dealkylation sites (tertiary alicyclic amines) is 1. The maximum Gasteiger partial charge on any atom is 0.191 e. The lowest BCUT2D eigenvalue weighted by molar-refractivity contribution is 0.106. The molecule has 2 aromatic rings. The molecule has 1 saturated heterocycles. The summed E-state index contributed by atoms with van der Waals surface area (Å²) in [5.41, 5.74) is 3.66. The van der Waals surface area contributed by atoms with Crippen LogP contribution in [0.25, 0.3) is 0 Å². The first kappa shape index (κ1) is 21.8. The van der Waals surface area contributed by atoms with Gasteiger partial charge in [0.25, 0.3) is 0 Å². The Kier molecular flexibility index (Phi) is 7.97. The van der Waals surface area contributed by atoms with Crippen LogP contribution < -0.4 is 10.6 Å². The number of benzene rings is 2. The Morgan fingerprint density at radius 2 is 1.71 bits per heavy atom. The number of hydrogen-bond donors (Lipinski definition) is 2. The number of nitrogens with one attached hydrogen (secondary N) is 2. The zero-order chi connectivity index (χ0) is 21.3. The van der Waals surface area contributed by atoms with Crippen molar-refractivity contribution >= 4 is 5.96 Å². The molecule has 0 aromatic heterocycles. The highest BCUT2D eigenvalue weighted by Gasteiger charge is 2.30. The van der Waals surface area contributed by atoms with Gasteiger partial charge in [0.15, 0.2) is 5.96 Å². The Labute approximate surface area is 186 Å². The Morgan fingerprint density at radius 3 is 2.48 bits per heavy atom. The van der Waals surface area contributed by atoms with Crippen molar-refractivity contribution < 1.29 is 4.74 Å². The van der Waals surface area contributed by atoms with Crippen molar-refractivity contribution in [1.82, 2.24) is 15.5 Å². The van der Waals surface area contributed by atoms with Crippen LogP contribution in [-0.2, 0) is 24.5 Å². The Morgan fingerprint density at radius 1 is 0.968 bits per heavy atom. The lowest BCUT2D eigenvalue weighted by Crippen LogP contribution is -2.45. The second kappa shape index (κ2) is 11.3. The fourth-order valence-electron chi connectivity index (χ4n) is 4.80. The first-order chi connectivity index (χ1) is 15.3. The topological polar surface area (TPSA) is 48.9 Å². The lowest BCUT2D eigenvalue weighted by atomic mass is 10.1. The summed E-state index contributed by atoms with van der Waals surface area (Å²) in [6, 6.07) is 20.1. The van der Waals surface area contributed by atoms with Crippen molar-refractivity contribution in [2.75, 3.05) is 20.1 Å². The summed E-state index contributed by atoms with van der Waals surface area (Å²) < 4.78 is 5.97. The van der Waals surface area contributed by atoms with Gasteiger partial charge in [-0.25, -0.2) is 0 Å². The minimum atomic E-state index is 0.483. The average Bonchev–Trinajstić information content (AvgIpc) is 3.50. The van der Waals surface area contributed by atoms with Crippen LogP contribution in [0.2, 0.25) is 0 Å². The monoisotopic (exact) mass is 420 g/mol. The van der Waals surface area contributed by atoms with Gasteiger partial charge >= 0.3 is 0 Å². The summed E-state index contributed by atoms with van der Waals surface area (Å²) in [7, 11) is 1.86. The number of guanidine groups is 1.